The minimum Gasteiger partial charge on any atom is -0.368 e. The zero-order chi connectivity index (χ0) is 15.7. The average molecular weight is 298 g/mol. The maximum absolute atomic E-state index is 5.90. The lowest BCUT2D eigenvalue weighted by atomic mass is 9.96. The van der Waals surface area contributed by atoms with Crippen LogP contribution in [0, 0.1) is 0 Å². The minimum atomic E-state index is -0.161. The third-order valence-electron chi connectivity index (χ3n) is 3.85. The Morgan fingerprint density at radius 2 is 2.00 bits per heavy atom. The average Bonchev–Trinajstić information content (AvgIpc) is 2.96. The summed E-state index contributed by atoms with van der Waals surface area (Å²) in [6.07, 6.45) is 3.97. The molecule has 1 atom stereocenters. The molecule has 1 unspecified atom stereocenters. The van der Waals surface area contributed by atoms with Crippen molar-refractivity contribution in [2.75, 3.05) is 17.2 Å². The van der Waals surface area contributed by atoms with Gasteiger partial charge in [-0.25, -0.2) is 0 Å². The van der Waals surface area contributed by atoms with E-state index < -0.39 is 0 Å². The van der Waals surface area contributed by atoms with Gasteiger partial charge in [0.1, 0.15) is 5.82 Å². The van der Waals surface area contributed by atoms with Crippen molar-refractivity contribution in [3.63, 3.8) is 0 Å². The molecular weight excluding hydrogens is 276 g/mol. The molecule has 1 saturated heterocycles. The third kappa shape index (κ3) is 2.86. The summed E-state index contributed by atoms with van der Waals surface area (Å²) >= 11 is 0. The lowest BCUT2D eigenvalue weighted by molar-refractivity contribution is 0.539. The van der Waals surface area contributed by atoms with E-state index in [2.05, 4.69) is 51.7 Å². The summed E-state index contributed by atoms with van der Waals surface area (Å²) in [6, 6.07) is 6.21. The van der Waals surface area contributed by atoms with Gasteiger partial charge in [0.25, 0.3) is 0 Å². The molecule has 6 nitrogen and oxygen atoms in total. The summed E-state index contributed by atoms with van der Waals surface area (Å²) in [6.45, 7) is 7.14. The fourth-order valence-electron chi connectivity index (χ4n) is 2.73. The van der Waals surface area contributed by atoms with E-state index in [1.165, 1.54) is 0 Å². The zero-order valence-electron chi connectivity index (χ0n) is 13.3. The summed E-state index contributed by atoms with van der Waals surface area (Å²) in [5, 5.41) is 0. The van der Waals surface area contributed by atoms with Gasteiger partial charge in [0, 0.05) is 18.2 Å². The van der Waals surface area contributed by atoms with Gasteiger partial charge in [-0.15, -0.1) is 0 Å². The molecule has 2 aromatic heterocycles. The fraction of sp³-hybridized carbons (Fsp3) is 0.500. The normalized spacial score (nSPS) is 18.7. The maximum atomic E-state index is 5.90. The molecule has 3 rings (SSSR count). The number of hydrogen-bond donors (Lipinski definition) is 1. The molecule has 1 aliphatic rings. The predicted octanol–water partition coefficient (Wildman–Crippen LogP) is 2.49. The van der Waals surface area contributed by atoms with Crippen molar-refractivity contribution in [3.8, 4) is 0 Å². The van der Waals surface area contributed by atoms with Crippen molar-refractivity contribution in [2.45, 2.75) is 45.1 Å². The van der Waals surface area contributed by atoms with E-state index in [4.69, 9.17) is 5.73 Å². The first-order valence-corrected chi connectivity index (χ1v) is 7.65. The van der Waals surface area contributed by atoms with E-state index in [-0.39, 0.29) is 17.4 Å². The van der Waals surface area contributed by atoms with Crippen LogP contribution in [0.1, 0.15) is 51.2 Å². The van der Waals surface area contributed by atoms with Crippen LogP contribution >= 0.6 is 0 Å². The van der Waals surface area contributed by atoms with Crippen LogP contribution in [0.3, 0.4) is 0 Å². The van der Waals surface area contributed by atoms with Crippen LogP contribution in [0.15, 0.2) is 24.4 Å². The molecular formula is C16H22N6. The Labute approximate surface area is 130 Å². The summed E-state index contributed by atoms with van der Waals surface area (Å²) in [5.74, 6) is 1.66. The van der Waals surface area contributed by atoms with Crippen LogP contribution in [0.2, 0.25) is 0 Å². The summed E-state index contributed by atoms with van der Waals surface area (Å²) in [5.41, 5.74) is 6.79. The molecule has 0 radical (unpaired) electrons. The summed E-state index contributed by atoms with van der Waals surface area (Å²) in [7, 11) is 0. The second kappa shape index (κ2) is 5.51. The van der Waals surface area contributed by atoms with Crippen molar-refractivity contribution in [1.82, 2.24) is 19.9 Å². The van der Waals surface area contributed by atoms with E-state index in [1.54, 1.807) is 0 Å². The van der Waals surface area contributed by atoms with Gasteiger partial charge in [0.05, 0.1) is 11.7 Å². The minimum absolute atomic E-state index is 0.161. The highest BCUT2D eigenvalue weighted by molar-refractivity contribution is 5.40. The fourth-order valence-corrected chi connectivity index (χ4v) is 2.73. The highest BCUT2D eigenvalue weighted by Crippen LogP contribution is 2.34. The van der Waals surface area contributed by atoms with Crippen molar-refractivity contribution in [2.24, 2.45) is 0 Å². The number of nitrogens with zero attached hydrogens (tertiary/aromatic N) is 5. The molecule has 3 heterocycles. The largest absolute Gasteiger partial charge is 0.368 e. The zero-order valence-corrected chi connectivity index (χ0v) is 13.3. The Morgan fingerprint density at radius 3 is 2.68 bits per heavy atom. The Bertz CT molecular complexity index is 649. The number of nitrogens with two attached hydrogens (primary N) is 1. The van der Waals surface area contributed by atoms with Gasteiger partial charge in [-0.2, -0.15) is 15.0 Å². The molecule has 2 N–H and O–H groups in total. The van der Waals surface area contributed by atoms with Crippen molar-refractivity contribution in [1.29, 1.82) is 0 Å². The summed E-state index contributed by atoms with van der Waals surface area (Å²) in [4.78, 5) is 20.0. The van der Waals surface area contributed by atoms with Gasteiger partial charge < -0.3 is 10.6 Å². The Morgan fingerprint density at radius 1 is 1.18 bits per heavy atom. The first-order valence-electron chi connectivity index (χ1n) is 7.65. The van der Waals surface area contributed by atoms with E-state index in [1.807, 2.05) is 18.3 Å². The lowest BCUT2D eigenvalue weighted by Gasteiger charge is -2.26. The highest BCUT2D eigenvalue weighted by Gasteiger charge is 2.30. The van der Waals surface area contributed by atoms with E-state index in [0.29, 0.717) is 5.95 Å². The first kappa shape index (κ1) is 14.7. The Kier molecular flexibility index (Phi) is 3.68. The number of hydrogen-bond acceptors (Lipinski definition) is 6. The van der Waals surface area contributed by atoms with Crippen molar-refractivity contribution in [3.05, 3.63) is 35.9 Å². The Balaban J connectivity index is 1.98. The van der Waals surface area contributed by atoms with Crippen LogP contribution in [0.25, 0.3) is 0 Å². The molecule has 6 heteroatoms. The molecule has 1 fully saturated rings. The smallest absolute Gasteiger partial charge is 0.230 e. The van der Waals surface area contributed by atoms with Gasteiger partial charge in [0.2, 0.25) is 11.9 Å². The van der Waals surface area contributed by atoms with Crippen molar-refractivity contribution < 1.29 is 0 Å². The topological polar surface area (TPSA) is 80.8 Å². The molecule has 0 spiro atoms. The molecule has 22 heavy (non-hydrogen) atoms. The molecule has 0 bridgehead atoms. The number of anilines is 2. The van der Waals surface area contributed by atoms with Crippen LogP contribution < -0.4 is 10.6 Å². The molecule has 116 valence electrons. The molecule has 2 aromatic rings. The number of rotatable bonds is 2. The maximum Gasteiger partial charge on any atom is 0.230 e. The first-order chi connectivity index (χ1) is 10.4. The number of nitrogen functional groups attached to an aromatic ring is 1. The van der Waals surface area contributed by atoms with Gasteiger partial charge in [-0.05, 0) is 25.0 Å². The molecule has 0 saturated carbocycles. The van der Waals surface area contributed by atoms with Crippen LogP contribution in [-0.4, -0.2) is 26.5 Å². The highest BCUT2D eigenvalue weighted by atomic mass is 15.3. The van der Waals surface area contributed by atoms with E-state index in [0.717, 1.165) is 30.9 Å². The van der Waals surface area contributed by atoms with Crippen LogP contribution in [-0.2, 0) is 5.41 Å². The molecule has 0 aliphatic carbocycles. The lowest BCUT2D eigenvalue weighted by Crippen LogP contribution is -2.28. The molecule has 0 amide bonds. The number of pyridine rings is 1. The predicted molar refractivity (Wildman–Crippen MR) is 86.5 cm³/mol. The van der Waals surface area contributed by atoms with Gasteiger partial charge in [0.15, 0.2) is 0 Å². The second-order valence-electron chi connectivity index (χ2n) is 6.67. The Hall–Kier alpha value is -2.24. The van der Waals surface area contributed by atoms with Crippen molar-refractivity contribution >= 4 is 11.9 Å². The number of aromatic nitrogens is 4. The van der Waals surface area contributed by atoms with Gasteiger partial charge >= 0.3 is 0 Å². The van der Waals surface area contributed by atoms with Gasteiger partial charge in [-0.1, -0.05) is 26.8 Å². The second-order valence-corrected chi connectivity index (χ2v) is 6.67. The van der Waals surface area contributed by atoms with Crippen LogP contribution in [0.5, 0.6) is 0 Å². The SMILES string of the molecule is CC(C)(C)c1nc(N)nc(N2CCCC2c2ccccn2)n1. The van der Waals surface area contributed by atoms with E-state index in [9.17, 15) is 0 Å². The molecule has 1 aliphatic heterocycles. The van der Waals surface area contributed by atoms with Gasteiger partial charge in [-0.3, -0.25) is 4.98 Å². The quantitative estimate of drug-likeness (QED) is 0.917. The summed E-state index contributed by atoms with van der Waals surface area (Å²) < 4.78 is 0. The molecule has 0 aromatic carbocycles. The van der Waals surface area contributed by atoms with Crippen LogP contribution in [0.4, 0.5) is 11.9 Å². The van der Waals surface area contributed by atoms with E-state index >= 15 is 0 Å². The standard InChI is InChI=1S/C16H22N6/c1-16(2,3)13-19-14(17)21-15(20-13)22-10-6-8-12(22)11-7-4-5-9-18-11/h4-5,7,9,12H,6,8,10H2,1-3H3,(H2,17,19,20,21). The monoisotopic (exact) mass is 298 g/mol. The third-order valence-corrected chi connectivity index (χ3v) is 3.85.